The van der Waals surface area contributed by atoms with Crippen LogP contribution in [0.3, 0.4) is 0 Å². The summed E-state index contributed by atoms with van der Waals surface area (Å²) >= 11 is 4.99. The number of thiophene rings is 1. The third kappa shape index (κ3) is 2.98. The summed E-state index contributed by atoms with van der Waals surface area (Å²) in [5, 5.41) is 1.97. The molecule has 0 spiro atoms. The van der Waals surface area contributed by atoms with Crippen LogP contribution in [0.25, 0.3) is 0 Å². The Morgan fingerprint density at radius 2 is 2.18 bits per heavy atom. The second kappa shape index (κ2) is 4.82. The van der Waals surface area contributed by atoms with Crippen molar-refractivity contribution in [3.05, 3.63) is 20.8 Å². The fourth-order valence-corrected chi connectivity index (χ4v) is 3.69. The minimum Gasteiger partial charge on any atom is -0.293 e. The SMILES string of the molecule is O=C(CN(CC1CC1)C1CC1)c1sccc1Br. The standard InChI is InChI=1S/C13H16BrNOS/c14-11-5-6-17-13(11)12(16)8-15(10-3-4-10)7-9-1-2-9/h5-6,9-10H,1-4,7-8H2. The number of ketones is 1. The summed E-state index contributed by atoms with van der Waals surface area (Å²) < 4.78 is 0.953. The molecule has 2 nitrogen and oxygen atoms in total. The lowest BCUT2D eigenvalue weighted by atomic mass is 10.2. The summed E-state index contributed by atoms with van der Waals surface area (Å²) in [6.45, 7) is 1.75. The number of carbonyl (C=O) groups is 1. The van der Waals surface area contributed by atoms with E-state index in [1.807, 2.05) is 11.4 Å². The van der Waals surface area contributed by atoms with Crippen molar-refractivity contribution in [2.24, 2.45) is 5.92 Å². The predicted molar refractivity (Wildman–Crippen MR) is 73.7 cm³/mol. The Labute approximate surface area is 114 Å². The van der Waals surface area contributed by atoms with E-state index in [1.54, 1.807) is 11.3 Å². The van der Waals surface area contributed by atoms with Gasteiger partial charge in [0.2, 0.25) is 0 Å². The lowest BCUT2D eigenvalue weighted by Crippen LogP contribution is -2.33. The van der Waals surface area contributed by atoms with Crippen LogP contribution in [-0.2, 0) is 0 Å². The van der Waals surface area contributed by atoms with Crippen LogP contribution in [0.15, 0.2) is 15.9 Å². The minimum atomic E-state index is 0.277. The molecular weight excluding hydrogens is 298 g/mol. The van der Waals surface area contributed by atoms with Crippen molar-refractivity contribution in [3.63, 3.8) is 0 Å². The van der Waals surface area contributed by atoms with Crippen molar-refractivity contribution in [3.8, 4) is 0 Å². The van der Waals surface area contributed by atoms with Crippen molar-refractivity contribution in [2.45, 2.75) is 31.7 Å². The Bertz CT molecular complexity index is 423. The van der Waals surface area contributed by atoms with E-state index in [1.165, 1.54) is 25.7 Å². The molecule has 1 heterocycles. The fourth-order valence-electron chi connectivity index (χ4n) is 2.16. The van der Waals surface area contributed by atoms with Gasteiger partial charge in [-0.3, -0.25) is 9.69 Å². The molecule has 4 heteroatoms. The maximum absolute atomic E-state index is 12.2. The maximum atomic E-state index is 12.2. The summed E-state index contributed by atoms with van der Waals surface area (Å²) in [7, 11) is 0. The van der Waals surface area contributed by atoms with Gasteiger partial charge in [0.25, 0.3) is 0 Å². The average Bonchev–Trinajstić information content (AvgIpc) is 3.17. The third-order valence-electron chi connectivity index (χ3n) is 3.47. The number of carbonyl (C=O) groups excluding carboxylic acids is 1. The molecular formula is C13H16BrNOS. The first-order chi connectivity index (χ1) is 8.24. The van der Waals surface area contributed by atoms with Gasteiger partial charge in [-0.2, -0.15) is 0 Å². The van der Waals surface area contributed by atoms with Crippen LogP contribution >= 0.6 is 27.3 Å². The van der Waals surface area contributed by atoms with Gasteiger partial charge in [0, 0.05) is 17.1 Å². The van der Waals surface area contributed by atoms with E-state index in [9.17, 15) is 4.79 Å². The van der Waals surface area contributed by atoms with Gasteiger partial charge in [-0.05, 0) is 59.0 Å². The second-order valence-electron chi connectivity index (χ2n) is 5.12. The van der Waals surface area contributed by atoms with Gasteiger partial charge in [0.15, 0.2) is 5.78 Å². The number of nitrogens with zero attached hydrogens (tertiary/aromatic N) is 1. The molecule has 2 fully saturated rings. The van der Waals surface area contributed by atoms with E-state index < -0.39 is 0 Å². The monoisotopic (exact) mass is 313 g/mol. The highest BCUT2D eigenvalue weighted by atomic mass is 79.9. The zero-order valence-corrected chi connectivity index (χ0v) is 12.1. The number of rotatable bonds is 6. The smallest absolute Gasteiger partial charge is 0.187 e. The molecule has 1 aromatic heterocycles. The summed E-state index contributed by atoms with van der Waals surface area (Å²) in [6.07, 6.45) is 5.29. The Kier molecular flexibility index (Phi) is 3.37. The highest BCUT2D eigenvalue weighted by molar-refractivity contribution is 9.10. The molecule has 0 unspecified atom stereocenters. The lowest BCUT2D eigenvalue weighted by Gasteiger charge is -2.20. The van der Waals surface area contributed by atoms with E-state index >= 15 is 0 Å². The molecule has 0 amide bonds. The van der Waals surface area contributed by atoms with Crippen LogP contribution < -0.4 is 0 Å². The molecule has 1 aromatic rings. The molecule has 2 aliphatic rings. The van der Waals surface area contributed by atoms with Crippen molar-refractivity contribution in [1.82, 2.24) is 4.90 Å². The number of halogens is 1. The first-order valence-corrected chi connectivity index (χ1v) is 7.91. The van der Waals surface area contributed by atoms with Crippen molar-refractivity contribution in [1.29, 1.82) is 0 Å². The number of Topliss-reactive ketones (excluding diaryl/α,β-unsaturated/α-hetero) is 1. The van der Waals surface area contributed by atoms with Crippen LogP contribution in [0, 0.1) is 5.92 Å². The van der Waals surface area contributed by atoms with E-state index in [0.717, 1.165) is 21.8 Å². The molecule has 0 radical (unpaired) electrons. The van der Waals surface area contributed by atoms with Crippen LogP contribution in [0.4, 0.5) is 0 Å². The van der Waals surface area contributed by atoms with Crippen molar-refractivity contribution < 1.29 is 4.79 Å². The summed E-state index contributed by atoms with van der Waals surface area (Å²) in [5.41, 5.74) is 0. The molecule has 3 rings (SSSR count). The average molecular weight is 314 g/mol. The Hall–Kier alpha value is -0.190. The fraction of sp³-hybridized carbons (Fsp3) is 0.615. The largest absolute Gasteiger partial charge is 0.293 e. The summed E-state index contributed by atoms with van der Waals surface area (Å²) in [5.74, 6) is 1.15. The second-order valence-corrected chi connectivity index (χ2v) is 6.90. The summed E-state index contributed by atoms with van der Waals surface area (Å²) in [6, 6.07) is 2.65. The zero-order valence-electron chi connectivity index (χ0n) is 9.69. The van der Waals surface area contributed by atoms with Crippen molar-refractivity contribution in [2.75, 3.05) is 13.1 Å². The molecule has 2 aliphatic carbocycles. The topological polar surface area (TPSA) is 20.3 Å². The lowest BCUT2D eigenvalue weighted by molar-refractivity contribution is 0.0924. The van der Waals surface area contributed by atoms with E-state index in [2.05, 4.69) is 20.8 Å². The molecule has 0 atom stereocenters. The van der Waals surface area contributed by atoms with Gasteiger partial charge in [-0.25, -0.2) is 0 Å². The van der Waals surface area contributed by atoms with Crippen molar-refractivity contribution >= 4 is 33.0 Å². The number of hydrogen-bond acceptors (Lipinski definition) is 3. The predicted octanol–water partition coefficient (Wildman–Crippen LogP) is 3.57. The van der Waals surface area contributed by atoms with Gasteiger partial charge < -0.3 is 0 Å². The highest BCUT2D eigenvalue weighted by Gasteiger charge is 2.34. The maximum Gasteiger partial charge on any atom is 0.187 e. The van der Waals surface area contributed by atoms with Gasteiger partial charge in [-0.15, -0.1) is 11.3 Å². The van der Waals surface area contributed by atoms with E-state index in [0.29, 0.717) is 12.6 Å². The Balaban J connectivity index is 1.63. The van der Waals surface area contributed by atoms with E-state index in [4.69, 9.17) is 0 Å². The highest BCUT2D eigenvalue weighted by Crippen LogP contribution is 2.35. The van der Waals surface area contributed by atoms with E-state index in [-0.39, 0.29) is 5.78 Å². The van der Waals surface area contributed by atoms with Crippen LogP contribution in [0.5, 0.6) is 0 Å². The Morgan fingerprint density at radius 1 is 1.41 bits per heavy atom. The van der Waals surface area contributed by atoms with Gasteiger partial charge in [-0.1, -0.05) is 0 Å². The van der Waals surface area contributed by atoms with Gasteiger partial charge >= 0.3 is 0 Å². The van der Waals surface area contributed by atoms with Crippen LogP contribution in [0.2, 0.25) is 0 Å². The third-order valence-corrected chi connectivity index (χ3v) is 5.35. The molecule has 17 heavy (non-hydrogen) atoms. The molecule has 0 saturated heterocycles. The molecule has 2 saturated carbocycles. The zero-order chi connectivity index (χ0) is 11.8. The molecule has 0 bridgehead atoms. The molecule has 0 aliphatic heterocycles. The van der Waals surface area contributed by atoms with Crippen LogP contribution in [0.1, 0.15) is 35.4 Å². The number of hydrogen-bond donors (Lipinski definition) is 0. The quantitative estimate of drug-likeness (QED) is 0.748. The molecule has 0 N–H and O–H groups in total. The molecule has 92 valence electrons. The Morgan fingerprint density at radius 3 is 2.71 bits per heavy atom. The van der Waals surface area contributed by atoms with Gasteiger partial charge in [0.05, 0.1) is 11.4 Å². The van der Waals surface area contributed by atoms with Gasteiger partial charge in [0.1, 0.15) is 0 Å². The first-order valence-electron chi connectivity index (χ1n) is 6.24. The molecule has 0 aromatic carbocycles. The normalized spacial score (nSPS) is 19.9. The minimum absolute atomic E-state index is 0.277. The summed E-state index contributed by atoms with van der Waals surface area (Å²) in [4.78, 5) is 15.5. The first kappa shape index (κ1) is 11.9. The van der Waals surface area contributed by atoms with Crippen LogP contribution in [-0.4, -0.2) is 29.8 Å².